The van der Waals surface area contributed by atoms with Crippen molar-refractivity contribution in [2.75, 3.05) is 34.9 Å². The highest BCUT2D eigenvalue weighted by molar-refractivity contribution is 6.33. The summed E-state index contributed by atoms with van der Waals surface area (Å²) < 4.78 is 10.6. The second-order valence-corrected chi connectivity index (χ2v) is 6.82. The second kappa shape index (κ2) is 8.63. The molecule has 25 heavy (non-hydrogen) atoms. The number of amides is 2. The van der Waals surface area contributed by atoms with Gasteiger partial charge in [-0.1, -0.05) is 17.7 Å². The minimum atomic E-state index is -0.254. The molecule has 1 aliphatic rings. The van der Waals surface area contributed by atoms with E-state index >= 15 is 0 Å². The molecule has 1 fully saturated rings. The van der Waals surface area contributed by atoms with Crippen molar-refractivity contribution >= 4 is 17.6 Å². The largest absolute Gasteiger partial charge is 0.493 e. The number of urea groups is 1. The maximum absolute atomic E-state index is 12.6. The van der Waals surface area contributed by atoms with Crippen LogP contribution in [0.5, 0.6) is 11.5 Å². The number of hydrogen-bond donors (Lipinski definition) is 1. The topological polar surface area (TPSA) is 54.0 Å². The van der Waals surface area contributed by atoms with Gasteiger partial charge in [0.05, 0.1) is 31.4 Å². The summed E-state index contributed by atoms with van der Waals surface area (Å²) in [5.41, 5.74) is 0.790. The van der Waals surface area contributed by atoms with Crippen LogP contribution in [0.1, 0.15) is 37.8 Å². The number of benzene rings is 1. The summed E-state index contributed by atoms with van der Waals surface area (Å²) in [7, 11) is 7.01. The van der Waals surface area contributed by atoms with Crippen molar-refractivity contribution in [3.63, 3.8) is 0 Å². The summed E-state index contributed by atoms with van der Waals surface area (Å²) in [6, 6.07) is 3.27. The molecule has 0 aliphatic carbocycles. The van der Waals surface area contributed by atoms with Crippen LogP contribution < -0.4 is 14.8 Å². The van der Waals surface area contributed by atoms with Gasteiger partial charge in [0.15, 0.2) is 11.5 Å². The second-order valence-electron chi connectivity index (χ2n) is 6.44. The Bertz CT molecular complexity index is 611. The fraction of sp³-hybridized carbons (Fsp3) is 0.611. The normalized spacial score (nSPS) is 19.2. The minimum Gasteiger partial charge on any atom is -0.493 e. The standard InChI is InChI=1S/C18H28ClN3O3/c1-12(13-9-10-14(24-4)17(25-5)16(13)19)20-18(23)22(3)15-8-6-7-11-21(15)2/h9-10,12,15H,6-8,11H2,1-5H3,(H,20,23). The molecule has 2 unspecified atom stereocenters. The molecule has 7 heteroatoms. The summed E-state index contributed by atoms with van der Waals surface area (Å²) in [6.45, 7) is 2.92. The van der Waals surface area contributed by atoms with Crippen LogP contribution in [0.4, 0.5) is 4.79 Å². The van der Waals surface area contributed by atoms with Crippen LogP contribution in [0.2, 0.25) is 5.02 Å². The molecule has 1 aliphatic heterocycles. The fourth-order valence-corrected chi connectivity index (χ4v) is 3.68. The van der Waals surface area contributed by atoms with Gasteiger partial charge in [0.1, 0.15) is 0 Å². The molecule has 2 amide bonds. The first-order valence-electron chi connectivity index (χ1n) is 8.54. The summed E-state index contributed by atoms with van der Waals surface area (Å²) >= 11 is 6.44. The minimum absolute atomic E-state index is 0.114. The van der Waals surface area contributed by atoms with Crippen molar-refractivity contribution in [3.05, 3.63) is 22.7 Å². The van der Waals surface area contributed by atoms with E-state index in [2.05, 4.69) is 17.3 Å². The molecular formula is C18H28ClN3O3. The van der Waals surface area contributed by atoms with Crippen LogP contribution in [0.15, 0.2) is 12.1 Å². The zero-order valence-electron chi connectivity index (χ0n) is 15.6. The molecule has 2 atom stereocenters. The molecule has 0 bridgehead atoms. The van der Waals surface area contributed by atoms with Crippen molar-refractivity contribution in [2.45, 2.75) is 38.4 Å². The molecule has 1 N–H and O–H groups in total. The number of nitrogens with zero attached hydrogens (tertiary/aromatic N) is 2. The van der Waals surface area contributed by atoms with Gasteiger partial charge in [0, 0.05) is 7.05 Å². The first-order valence-corrected chi connectivity index (χ1v) is 8.92. The third kappa shape index (κ3) is 4.30. The summed E-state index contributed by atoms with van der Waals surface area (Å²) in [4.78, 5) is 16.6. The maximum Gasteiger partial charge on any atom is 0.318 e. The Hall–Kier alpha value is -1.66. The lowest BCUT2D eigenvalue weighted by molar-refractivity contribution is 0.0697. The molecule has 6 nitrogen and oxygen atoms in total. The van der Waals surface area contributed by atoms with Crippen LogP contribution >= 0.6 is 11.6 Å². The van der Waals surface area contributed by atoms with Crippen molar-refractivity contribution < 1.29 is 14.3 Å². The van der Waals surface area contributed by atoms with E-state index in [1.54, 1.807) is 25.2 Å². The van der Waals surface area contributed by atoms with E-state index in [-0.39, 0.29) is 18.2 Å². The van der Waals surface area contributed by atoms with E-state index < -0.39 is 0 Å². The lowest BCUT2D eigenvalue weighted by atomic mass is 10.1. The fourth-order valence-electron chi connectivity index (χ4n) is 3.29. The zero-order valence-corrected chi connectivity index (χ0v) is 16.4. The average molecular weight is 370 g/mol. The smallest absolute Gasteiger partial charge is 0.318 e. The molecule has 0 spiro atoms. The SMILES string of the molecule is COc1ccc(C(C)NC(=O)N(C)C2CCCCN2C)c(Cl)c1OC. The third-order valence-corrected chi connectivity index (χ3v) is 5.21. The molecule has 0 aromatic heterocycles. The van der Waals surface area contributed by atoms with Gasteiger partial charge >= 0.3 is 6.03 Å². The van der Waals surface area contributed by atoms with Crippen LogP contribution in [-0.2, 0) is 0 Å². The molecule has 140 valence electrons. The number of methoxy groups -OCH3 is 2. The number of rotatable bonds is 5. The number of carbonyl (C=O) groups is 1. The lowest BCUT2D eigenvalue weighted by Crippen LogP contribution is -2.52. The number of carbonyl (C=O) groups excluding carboxylic acids is 1. The molecule has 2 rings (SSSR count). The molecule has 1 aromatic rings. The van der Waals surface area contributed by atoms with E-state index in [0.29, 0.717) is 16.5 Å². The summed E-state index contributed by atoms with van der Waals surface area (Å²) in [5.74, 6) is 1.04. The summed E-state index contributed by atoms with van der Waals surface area (Å²) in [5, 5.41) is 3.47. The van der Waals surface area contributed by atoms with Crippen LogP contribution in [-0.4, -0.2) is 56.9 Å². The number of piperidine rings is 1. The van der Waals surface area contributed by atoms with Crippen LogP contribution in [0.25, 0.3) is 0 Å². The van der Waals surface area contributed by atoms with Crippen molar-refractivity contribution in [2.24, 2.45) is 0 Å². The Labute approximate surface area is 155 Å². The number of likely N-dealkylation sites (tertiary alicyclic amines) is 1. The van der Waals surface area contributed by atoms with Crippen LogP contribution in [0.3, 0.4) is 0 Å². The van der Waals surface area contributed by atoms with E-state index in [9.17, 15) is 4.79 Å². The Morgan fingerprint density at radius 1 is 1.36 bits per heavy atom. The molecule has 0 radical (unpaired) electrons. The van der Waals surface area contributed by atoms with Gasteiger partial charge in [0.2, 0.25) is 0 Å². The molecule has 1 saturated heterocycles. The first-order chi connectivity index (χ1) is 11.9. The number of ether oxygens (including phenoxy) is 2. The van der Waals surface area contributed by atoms with Crippen molar-refractivity contribution in [3.8, 4) is 11.5 Å². The zero-order chi connectivity index (χ0) is 18.6. The molecule has 1 aromatic carbocycles. The van der Waals surface area contributed by atoms with Gasteiger partial charge in [-0.15, -0.1) is 0 Å². The summed E-state index contributed by atoms with van der Waals surface area (Å²) in [6.07, 6.45) is 3.44. The maximum atomic E-state index is 12.6. The molecule has 0 saturated carbocycles. The Morgan fingerprint density at radius 2 is 2.08 bits per heavy atom. The predicted octanol–water partition coefficient (Wildman–Crippen LogP) is 3.50. The van der Waals surface area contributed by atoms with Gasteiger partial charge in [0.25, 0.3) is 0 Å². The van der Waals surface area contributed by atoms with E-state index in [1.807, 2.05) is 20.0 Å². The molecular weight excluding hydrogens is 342 g/mol. The van der Waals surface area contributed by atoms with Gasteiger partial charge in [-0.05, 0) is 51.4 Å². The average Bonchev–Trinajstić information content (AvgIpc) is 2.60. The Morgan fingerprint density at radius 3 is 2.68 bits per heavy atom. The first kappa shape index (κ1) is 19.7. The van der Waals surface area contributed by atoms with Gasteiger partial charge in [-0.3, -0.25) is 4.90 Å². The van der Waals surface area contributed by atoms with Gasteiger partial charge in [-0.25, -0.2) is 4.79 Å². The Kier molecular flexibility index (Phi) is 6.79. The van der Waals surface area contributed by atoms with Crippen molar-refractivity contribution in [1.82, 2.24) is 15.1 Å². The van der Waals surface area contributed by atoms with E-state index in [0.717, 1.165) is 24.9 Å². The Balaban J connectivity index is 2.10. The van der Waals surface area contributed by atoms with Crippen LogP contribution in [0, 0.1) is 0 Å². The van der Waals surface area contributed by atoms with Gasteiger partial charge in [-0.2, -0.15) is 0 Å². The molecule has 1 heterocycles. The van der Waals surface area contributed by atoms with E-state index in [4.69, 9.17) is 21.1 Å². The van der Waals surface area contributed by atoms with Crippen molar-refractivity contribution in [1.29, 1.82) is 0 Å². The highest BCUT2D eigenvalue weighted by Gasteiger charge is 2.27. The number of nitrogens with one attached hydrogen (secondary N) is 1. The predicted molar refractivity (Wildman–Crippen MR) is 99.5 cm³/mol. The third-order valence-electron chi connectivity index (χ3n) is 4.82. The number of hydrogen-bond acceptors (Lipinski definition) is 4. The monoisotopic (exact) mass is 369 g/mol. The van der Waals surface area contributed by atoms with E-state index in [1.165, 1.54) is 6.42 Å². The van der Waals surface area contributed by atoms with Gasteiger partial charge < -0.3 is 19.7 Å². The highest BCUT2D eigenvalue weighted by Crippen LogP contribution is 2.39. The highest BCUT2D eigenvalue weighted by atomic mass is 35.5. The number of halogens is 1. The quantitative estimate of drug-likeness (QED) is 0.863. The lowest BCUT2D eigenvalue weighted by Gasteiger charge is -2.39.